The van der Waals surface area contributed by atoms with Crippen LogP contribution in [0.15, 0.2) is 60.8 Å². The summed E-state index contributed by atoms with van der Waals surface area (Å²) in [7, 11) is 0. The molecule has 2 aromatic carbocycles. The van der Waals surface area contributed by atoms with E-state index in [1.165, 1.54) is 16.5 Å². The SMILES string of the molecule is O=C1OCC[C@H]1NC[C@H](c1ccccc1)c1c[nH]c2ccccc12. The number of ether oxygens (including phenoxy) is 1. The number of esters is 1. The molecule has 4 nitrogen and oxygen atoms in total. The van der Waals surface area contributed by atoms with Crippen LogP contribution in [0.5, 0.6) is 0 Å². The van der Waals surface area contributed by atoms with Crippen molar-refractivity contribution in [3.05, 3.63) is 71.9 Å². The summed E-state index contributed by atoms with van der Waals surface area (Å²) in [6.07, 6.45) is 2.82. The average Bonchev–Trinajstić information content (AvgIpc) is 3.23. The molecule has 24 heavy (non-hydrogen) atoms. The third kappa shape index (κ3) is 2.81. The minimum Gasteiger partial charge on any atom is -0.464 e. The van der Waals surface area contributed by atoms with E-state index in [-0.39, 0.29) is 17.9 Å². The Morgan fingerprint density at radius 3 is 2.71 bits per heavy atom. The molecular weight excluding hydrogens is 300 g/mol. The van der Waals surface area contributed by atoms with Crippen LogP contribution in [-0.2, 0) is 9.53 Å². The summed E-state index contributed by atoms with van der Waals surface area (Å²) >= 11 is 0. The van der Waals surface area contributed by atoms with Gasteiger partial charge in [-0.05, 0) is 17.2 Å². The van der Waals surface area contributed by atoms with Gasteiger partial charge in [0.25, 0.3) is 0 Å². The van der Waals surface area contributed by atoms with Crippen molar-refractivity contribution in [1.82, 2.24) is 10.3 Å². The standard InChI is InChI=1S/C20H20N2O2/c23-20-19(10-11-24-20)22-12-16(14-6-2-1-3-7-14)17-13-21-18-9-5-4-8-15(17)18/h1-9,13,16,19,21-22H,10-12H2/t16-,19-/m1/s1. The number of aromatic nitrogens is 1. The van der Waals surface area contributed by atoms with Crippen LogP contribution in [0.1, 0.15) is 23.5 Å². The highest BCUT2D eigenvalue weighted by Crippen LogP contribution is 2.30. The van der Waals surface area contributed by atoms with Crippen molar-refractivity contribution in [2.45, 2.75) is 18.4 Å². The van der Waals surface area contributed by atoms with Crippen LogP contribution in [0, 0.1) is 0 Å². The first kappa shape index (κ1) is 15.0. The molecule has 1 fully saturated rings. The molecule has 0 unspecified atom stereocenters. The quantitative estimate of drug-likeness (QED) is 0.710. The number of benzene rings is 2. The number of nitrogens with one attached hydrogen (secondary N) is 2. The lowest BCUT2D eigenvalue weighted by Crippen LogP contribution is -2.36. The molecule has 0 radical (unpaired) electrons. The molecule has 4 rings (SSSR count). The summed E-state index contributed by atoms with van der Waals surface area (Å²) < 4.78 is 5.06. The molecule has 0 bridgehead atoms. The third-order valence-corrected chi connectivity index (χ3v) is 4.70. The molecule has 3 aromatic rings. The van der Waals surface area contributed by atoms with Crippen molar-refractivity contribution in [1.29, 1.82) is 0 Å². The third-order valence-electron chi connectivity index (χ3n) is 4.70. The lowest BCUT2D eigenvalue weighted by molar-refractivity contribution is -0.139. The van der Waals surface area contributed by atoms with Crippen molar-refractivity contribution < 1.29 is 9.53 Å². The Hall–Kier alpha value is -2.59. The average molecular weight is 320 g/mol. The zero-order valence-corrected chi connectivity index (χ0v) is 13.4. The van der Waals surface area contributed by atoms with Crippen LogP contribution in [0.4, 0.5) is 0 Å². The van der Waals surface area contributed by atoms with Gasteiger partial charge in [0.05, 0.1) is 6.61 Å². The predicted molar refractivity (Wildman–Crippen MR) is 94.0 cm³/mol. The molecule has 4 heteroatoms. The lowest BCUT2D eigenvalue weighted by Gasteiger charge is -2.19. The van der Waals surface area contributed by atoms with Crippen LogP contribution < -0.4 is 5.32 Å². The van der Waals surface area contributed by atoms with Crippen molar-refractivity contribution in [3.8, 4) is 0 Å². The number of hydrogen-bond donors (Lipinski definition) is 2. The van der Waals surface area contributed by atoms with E-state index in [2.05, 4.69) is 59.0 Å². The maximum Gasteiger partial charge on any atom is 0.323 e. The summed E-state index contributed by atoms with van der Waals surface area (Å²) in [5.41, 5.74) is 3.62. The number of rotatable bonds is 5. The van der Waals surface area contributed by atoms with Gasteiger partial charge in [-0.3, -0.25) is 4.79 Å². The van der Waals surface area contributed by atoms with Crippen LogP contribution in [0.2, 0.25) is 0 Å². The summed E-state index contributed by atoms with van der Waals surface area (Å²) in [6.45, 7) is 1.21. The minimum atomic E-state index is -0.193. The molecule has 122 valence electrons. The van der Waals surface area contributed by atoms with Crippen LogP contribution in [0.3, 0.4) is 0 Å². The number of carbonyl (C=O) groups is 1. The number of H-pyrrole nitrogens is 1. The van der Waals surface area contributed by atoms with Gasteiger partial charge in [-0.15, -0.1) is 0 Å². The Balaban J connectivity index is 1.67. The van der Waals surface area contributed by atoms with Crippen molar-refractivity contribution in [3.63, 3.8) is 0 Å². The number of carbonyl (C=O) groups excluding carboxylic acids is 1. The smallest absolute Gasteiger partial charge is 0.323 e. The Labute approximate surface area is 140 Å². The summed E-state index contributed by atoms with van der Waals surface area (Å²) in [4.78, 5) is 15.1. The predicted octanol–water partition coefficient (Wildman–Crippen LogP) is 3.20. The largest absolute Gasteiger partial charge is 0.464 e. The zero-order valence-electron chi connectivity index (χ0n) is 13.4. The minimum absolute atomic E-state index is 0.138. The fourth-order valence-electron chi connectivity index (χ4n) is 3.42. The molecule has 2 atom stereocenters. The molecule has 1 aliphatic rings. The van der Waals surface area contributed by atoms with Gasteiger partial charge >= 0.3 is 5.97 Å². The van der Waals surface area contributed by atoms with Gasteiger partial charge in [0, 0.05) is 36.0 Å². The lowest BCUT2D eigenvalue weighted by atomic mass is 9.90. The number of hydrogen-bond acceptors (Lipinski definition) is 3. The van der Waals surface area contributed by atoms with Crippen molar-refractivity contribution in [2.24, 2.45) is 0 Å². The second-order valence-corrected chi connectivity index (χ2v) is 6.17. The Morgan fingerprint density at radius 1 is 1.12 bits per heavy atom. The molecule has 1 aromatic heterocycles. The molecule has 0 spiro atoms. The molecule has 1 saturated heterocycles. The van der Waals surface area contributed by atoms with E-state index >= 15 is 0 Å². The van der Waals surface area contributed by atoms with Crippen molar-refractivity contribution >= 4 is 16.9 Å². The molecular formula is C20H20N2O2. The Bertz CT molecular complexity index is 841. The Morgan fingerprint density at radius 2 is 1.92 bits per heavy atom. The fourth-order valence-corrected chi connectivity index (χ4v) is 3.42. The van der Waals surface area contributed by atoms with Gasteiger partial charge < -0.3 is 15.0 Å². The number of aromatic amines is 1. The van der Waals surface area contributed by atoms with Crippen molar-refractivity contribution in [2.75, 3.05) is 13.2 Å². The van der Waals surface area contributed by atoms with Crippen LogP contribution in [-0.4, -0.2) is 30.1 Å². The molecule has 0 aliphatic carbocycles. The van der Waals surface area contributed by atoms with Gasteiger partial charge in [0.1, 0.15) is 6.04 Å². The van der Waals surface area contributed by atoms with Crippen LogP contribution in [0.25, 0.3) is 10.9 Å². The monoisotopic (exact) mass is 320 g/mol. The zero-order chi connectivity index (χ0) is 16.4. The highest BCUT2D eigenvalue weighted by Gasteiger charge is 2.27. The number of para-hydroxylation sites is 1. The van der Waals surface area contributed by atoms with E-state index < -0.39 is 0 Å². The van der Waals surface area contributed by atoms with Gasteiger partial charge in [0.2, 0.25) is 0 Å². The van der Waals surface area contributed by atoms with Gasteiger partial charge in [0.15, 0.2) is 0 Å². The first-order chi connectivity index (χ1) is 11.8. The van der Waals surface area contributed by atoms with E-state index in [1.54, 1.807) is 0 Å². The fraction of sp³-hybridized carbons (Fsp3) is 0.250. The molecule has 2 N–H and O–H groups in total. The Kier molecular flexibility index (Phi) is 4.05. The summed E-state index contributed by atoms with van der Waals surface area (Å²) in [5, 5.41) is 4.62. The van der Waals surface area contributed by atoms with Gasteiger partial charge in [-0.25, -0.2) is 0 Å². The number of cyclic esters (lactones) is 1. The normalized spacial score (nSPS) is 18.7. The van der Waals surface area contributed by atoms with E-state index in [0.717, 1.165) is 11.9 Å². The highest BCUT2D eigenvalue weighted by atomic mass is 16.5. The van der Waals surface area contributed by atoms with Gasteiger partial charge in [-0.1, -0.05) is 48.5 Å². The second-order valence-electron chi connectivity index (χ2n) is 6.17. The summed E-state index contributed by atoms with van der Waals surface area (Å²) in [6, 6.07) is 18.5. The molecule has 0 saturated carbocycles. The molecule has 2 heterocycles. The van der Waals surface area contributed by atoms with E-state index in [9.17, 15) is 4.79 Å². The second kappa shape index (κ2) is 6.49. The van der Waals surface area contributed by atoms with E-state index in [1.807, 2.05) is 12.1 Å². The topological polar surface area (TPSA) is 54.1 Å². The highest BCUT2D eigenvalue weighted by molar-refractivity contribution is 5.84. The van der Waals surface area contributed by atoms with E-state index in [4.69, 9.17) is 4.74 Å². The maximum absolute atomic E-state index is 11.7. The molecule has 1 aliphatic heterocycles. The van der Waals surface area contributed by atoms with E-state index in [0.29, 0.717) is 13.2 Å². The van der Waals surface area contributed by atoms with Gasteiger partial charge in [-0.2, -0.15) is 0 Å². The molecule has 0 amide bonds. The maximum atomic E-state index is 11.7. The first-order valence-electron chi connectivity index (χ1n) is 8.34. The first-order valence-corrected chi connectivity index (χ1v) is 8.34. The number of fused-ring (bicyclic) bond motifs is 1. The summed E-state index contributed by atoms with van der Waals surface area (Å²) in [5.74, 6) is 0.0384. The van der Waals surface area contributed by atoms with Crippen LogP contribution >= 0.6 is 0 Å².